The highest BCUT2D eigenvalue weighted by Crippen LogP contribution is 2.46. The summed E-state index contributed by atoms with van der Waals surface area (Å²) in [5, 5.41) is 5.92. The Morgan fingerprint density at radius 3 is 2.89 bits per heavy atom. The van der Waals surface area contributed by atoms with Gasteiger partial charge < -0.3 is 10.2 Å². The van der Waals surface area contributed by atoms with E-state index >= 15 is 0 Å². The molecule has 0 atom stereocenters. The maximum absolute atomic E-state index is 13.1. The molecule has 5 rings (SSSR count). The number of thiophene rings is 1. The van der Waals surface area contributed by atoms with Crippen LogP contribution in [0.5, 0.6) is 0 Å². The second-order valence-electron chi connectivity index (χ2n) is 7.66. The Morgan fingerprint density at radius 1 is 1.21 bits per heavy atom. The first-order valence-corrected chi connectivity index (χ1v) is 10.6. The monoisotopic (exact) mass is 394 g/mol. The Kier molecular flexibility index (Phi) is 4.29. The summed E-state index contributed by atoms with van der Waals surface area (Å²) in [4.78, 5) is 32.7. The Balaban J connectivity index is 1.38. The van der Waals surface area contributed by atoms with Crippen molar-refractivity contribution in [3.8, 4) is 0 Å². The molecule has 144 valence electrons. The van der Waals surface area contributed by atoms with Gasteiger partial charge in [0.1, 0.15) is 4.83 Å². The Bertz CT molecular complexity index is 1100. The third-order valence-electron chi connectivity index (χ3n) is 6.11. The number of nitrogens with one attached hydrogen (secondary N) is 1. The number of nitrogens with zero attached hydrogens (tertiary/aromatic N) is 3. The fraction of sp³-hybridized carbons (Fsp3) is 0.381. The molecule has 0 saturated carbocycles. The van der Waals surface area contributed by atoms with E-state index in [1.165, 1.54) is 16.9 Å². The number of piperidine rings is 1. The van der Waals surface area contributed by atoms with E-state index in [4.69, 9.17) is 0 Å². The molecule has 1 amide bonds. The molecule has 1 aromatic carbocycles. The molecule has 2 aliphatic rings. The minimum Gasteiger partial charge on any atom is -0.317 e. The van der Waals surface area contributed by atoms with Gasteiger partial charge >= 0.3 is 0 Å². The van der Waals surface area contributed by atoms with E-state index in [9.17, 15) is 9.59 Å². The lowest BCUT2D eigenvalue weighted by Gasteiger charge is -2.34. The van der Waals surface area contributed by atoms with Crippen LogP contribution in [0.15, 0.2) is 46.8 Å². The highest BCUT2D eigenvalue weighted by Gasteiger charge is 2.44. The molecule has 28 heavy (non-hydrogen) atoms. The lowest BCUT2D eigenvalue weighted by atomic mass is 9.75. The van der Waals surface area contributed by atoms with Crippen molar-refractivity contribution in [2.45, 2.75) is 31.2 Å². The molecule has 2 aliphatic heterocycles. The van der Waals surface area contributed by atoms with Crippen LogP contribution in [0.2, 0.25) is 0 Å². The van der Waals surface area contributed by atoms with Crippen LogP contribution in [0, 0.1) is 0 Å². The Morgan fingerprint density at radius 2 is 2.04 bits per heavy atom. The van der Waals surface area contributed by atoms with Crippen LogP contribution in [0.25, 0.3) is 10.2 Å². The second kappa shape index (κ2) is 6.83. The van der Waals surface area contributed by atoms with Crippen molar-refractivity contribution in [2.75, 3.05) is 24.5 Å². The zero-order chi connectivity index (χ0) is 19.1. The largest absolute Gasteiger partial charge is 0.317 e. The molecule has 0 unspecified atom stereocenters. The quantitative estimate of drug-likeness (QED) is 0.741. The van der Waals surface area contributed by atoms with E-state index in [0.717, 1.165) is 43.0 Å². The molecular weight excluding hydrogens is 372 g/mol. The summed E-state index contributed by atoms with van der Waals surface area (Å²) in [6, 6.07) is 10.1. The first kappa shape index (κ1) is 17.6. The fourth-order valence-corrected chi connectivity index (χ4v) is 5.31. The highest BCUT2D eigenvalue weighted by molar-refractivity contribution is 7.16. The van der Waals surface area contributed by atoms with Gasteiger partial charge in [-0.25, -0.2) is 4.98 Å². The van der Waals surface area contributed by atoms with Crippen LogP contribution in [-0.4, -0.2) is 35.1 Å². The second-order valence-corrected chi connectivity index (χ2v) is 8.55. The Hall–Kier alpha value is -2.51. The smallest absolute Gasteiger partial charge is 0.262 e. The lowest BCUT2D eigenvalue weighted by molar-refractivity contribution is -0.118. The predicted octanol–water partition coefficient (Wildman–Crippen LogP) is 2.52. The van der Waals surface area contributed by atoms with Crippen molar-refractivity contribution in [3.63, 3.8) is 0 Å². The molecule has 1 saturated heterocycles. The van der Waals surface area contributed by atoms with E-state index < -0.39 is 0 Å². The van der Waals surface area contributed by atoms with Gasteiger partial charge in [-0.15, -0.1) is 11.3 Å². The molecule has 6 nitrogen and oxygen atoms in total. The van der Waals surface area contributed by atoms with Gasteiger partial charge in [-0.05, 0) is 49.0 Å². The number of aromatic nitrogens is 2. The molecule has 7 heteroatoms. The van der Waals surface area contributed by atoms with Gasteiger partial charge in [-0.3, -0.25) is 14.2 Å². The molecule has 1 fully saturated rings. The van der Waals surface area contributed by atoms with E-state index in [0.29, 0.717) is 18.4 Å². The van der Waals surface area contributed by atoms with Crippen molar-refractivity contribution in [2.24, 2.45) is 0 Å². The van der Waals surface area contributed by atoms with E-state index in [1.807, 2.05) is 16.3 Å². The first-order valence-electron chi connectivity index (χ1n) is 9.71. The number of para-hydroxylation sites is 1. The summed E-state index contributed by atoms with van der Waals surface area (Å²) in [7, 11) is 0. The number of anilines is 1. The number of fused-ring (bicyclic) bond motifs is 3. The standard InChI is InChI=1S/C21H22N4O2S/c26-18(5-11-24-14-23-19-15(20(24)27)6-12-28-19)25-13-21(7-9-22-10-8-21)16-3-1-2-4-17(16)25/h1-4,6,12,14,22H,5,7-11,13H2. The topological polar surface area (TPSA) is 67.2 Å². The fourth-order valence-electron chi connectivity index (χ4n) is 4.59. The van der Waals surface area contributed by atoms with E-state index in [-0.39, 0.29) is 16.9 Å². The van der Waals surface area contributed by atoms with Gasteiger partial charge in [0.25, 0.3) is 5.56 Å². The molecule has 0 radical (unpaired) electrons. The van der Waals surface area contributed by atoms with Crippen molar-refractivity contribution >= 4 is 33.1 Å². The van der Waals surface area contributed by atoms with Gasteiger partial charge in [-0.2, -0.15) is 0 Å². The third kappa shape index (κ3) is 2.77. The minimum absolute atomic E-state index is 0.0610. The molecule has 2 aromatic heterocycles. The average molecular weight is 395 g/mol. The molecule has 0 bridgehead atoms. The molecular formula is C21H22N4O2S. The number of carbonyl (C=O) groups excluding carboxylic acids is 1. The zero-order valence-corrected chi connectivity index (χ0v) is 16.4. The van der Waals surface area contributed by atoms with Crippen LogP contribution in [0.4, 0.5) is 5.69 Å². The van der Waals surface area contributed by atoms with Gasteiger partial charge in [0.15, 0.2) is 0 Å². The van der Waals surface area contributed by atoms with Crippen LogP contribution in [0.3, 0.4) is 0 Å². The summed E-state index contributed by atoms with van der Waals surface area (Å²) in [6.45, 7) is 3.06. The molecule has 0 aliphatic carbocycles. The van der Waals surface area contributed by atoms with Gasteiger partial charge in [0.2, 0.25) is 5.91 Å². The maximum atomic E-state index is 13.1. The van der Waals surface area contributed by atoms with E-state index in [2.05, 4.69) is 28.5 Å². The number of amides is 1. The van der Waals surface area contributed by atoms with Gasteiger partial charge in [-0.1, -0.05) is 18.2 Å². The summed E-state index contributed by atoms with van der Waals surface area (Å²) >= 11 is 1.45. The first-order chi connectivity index (χ1) is 13.7. The molecule has 4 heterocycles. The van der Waals surface area contributed by atoms with Gasteiger partial charge in [0.05, 0.1) is 11.7 Å². The van der Waals surface area contributed by atoms with Crippen LogP contribution in [0.1, 0.15) is 24.8 Å². The summed E-state index contributed by atoms with van der Waals surface area (Å²) < 4.78 is 1.55. The van der Waals surface area contributed by atoms with Crippen molar-refractivity contribution < 1.29 is 4.79 Å². The molecule has 1 N–H and O–H groups in total. The maximum Gasteiger partial charge on any atom is 0.262 e. The summed E-state index contributed by atoms with van der Waals surface area (Å²) in [5.74, 6) is 0.0696. The normalized spacial score (nSPS) is 17.9. The summed E-state index contributed by atoms with van der Waals surface area (Å²) in [6.07, 6.45) is 3.94. The van der Waals surface area contributed by atoms with Crippen LogP contribution >= 0.6 is 11.3 Å². The molecule has 1 spiro atoms. The SMILES string of the molecule is O=C(CCn1cnc2sccc2c1=O)N1CC2(CCNCC2)c2ccccc21. The number of hydrogen-bond donors (Lipinski definition) is 1. The lowest BCUT2D eigenvalue weighted by Crippen LogP contribution is -2.44. The third-order valence-corrected chi connectivity index (χ3v) is 6.93. The molecule has 3 aromatic rings. The number of aryl methyl sites for hydroxylation is 1. The van der Waals surface area contributed by atoms with Crippen molar-refractivity contribution in [1.82, 2.24) is 14.9 Å². The summed E-state index contributed by atoms with van der Waals surface area (Å²) in [5.41, 5.74) is 2.32. The highest BCUT2D eigenvalue weighted by atomic mass is 32.1. The minimum atomic E-state index is -0.0734. The average Bonchev–Trinajstić information content (AvgIpc) is 3.33. The van der Waals surface area contributed by atoms with Crippen LogP contribution in [-0.2, 0) is 16.8 Å². The van der Waals surface area contributed by atoms with Crippen LogP contribution < -0.4 is 15.8 Å². The van der Waals surface area contributed by atoms with Crippen molar-refractivity contribution in [1.29, 1.82) is 0 Å². The number of benzene rings is 1. The number of rotatable bonds is 3. The Labute approximate surface area is 166 Å². The zero-order valence-electron chi connectivity index (χ0n) is 15.6. The van der Waals surface area contributed by atoms with Crippen molar-refractivity contribution in [3.05, 3.63) is 58.0 Å². The predicted molar refractivity (Wildman–Crippen MR) is 111 cm³/mol. The number of hydrogen-bond acceptors (Lipinski definition) is 5. The number of carbonyl (C=O) groups is 1. The van der Waals surface area contributed by atoms with Gasteiger partial charge in [0, 0.05) is 30.6 Å². The van der Waals surface area contributed by atoms with E-state index in [1.54, 1.807) is 17.0 Å².